The van der Waals surface area contributed by atoms with Gasteiger partial charge in [0.25, 0.3) is 0 Å². The molecule has 1 N–H and O–H groups in total. The Labute approximate surface area is 97.1 Å². The Morgan fingerprint density at radius 3 is 3.12 bits per heavy atom. The smallest absolute Gasteiger partial charge is 0.396 e. The maximum atomic E-state index is 11.1. The second-order valence-corrected chi connectivity index (χ2v) is 5.14. The first-order chi connectivity index (χ1) is 7.83. The van der Waals surface area contributed by atoms with Gasteiger partial charge in [-0.25, -0.2) is 4.79 Å². The number of benzene rings is 1. The summed E-state index contributed by atoms with van der Waals surface area (Å²) in [6.07, 6.45) is 3.72. The third-order valence-corrected chi connectivity index (χ3v) is 3.86. The maximum Gasteiger partial charge on any atom is 0.396 e. The highest BCUT2D eigenvalue weighted by molar-refractivity contribution is 7.16. The summed E-state index contributed by atoms with van der Waals surface area (Å²) in [4.78, 5) is 10.9. The summed E-state index contributed by atoms with van der Waals surface area (Å²) in [7, 11) is 0. The molecule has 0 spiro atoms. The third kappa shape index (κ3) is 1.79. The molecule has 16 heavy (non-hydrogen) atoms. The normalized spacial score (nSPS) is 21.4. The molecule has 3 rings (SSSR count). The van der Waals surface area contributed by atoms with Crippen molar-refractivity contribution < 1.29 is 4.42 Å². The van der Waals surface area contributed by atoms with Gasteiger partial charge in [0.1, 0.15) is 5.58 Å². The molecule has 1 atom stereocenters. The van der Waals surface area contributed by atoms with Crippen molar-refractivity contribution in [2.24, 2.45) is 0 Å². The Morgan fingerprint density at radius 1 is 1.38 bits per heavy atom. The second kappa shape index (κ2) is 4.03. The van der Waals surface area contributed by atoms with Gasteiger partial charge < -0.3 is 9.73 Å². The van der Waals surface area contributed by atoms with Crippen LogP contribution in [0.2, 0.25) is 0 Å². The van der Waals surface area contributed by atoms with Crippen LogP contribution in [0.5, 0.6) is 0 Å². The molecule has 1 aromatic carbocycles. The van der Waals surface area contributed by atoms with Crippen molar-refractivity contribution in [1.82, 2.24) is 5.32 Å². The van der Waals surface area contributed by atoms with Crippen LogP contribution in [0, 0.1) is 0 Å². The van der Waals surface area contributed by atoms with Crippen LogP contribution < -0.4 is 10.3 Å². The van der Waals surface area contributed by atoms with Crippen LogP contribution in [0.4, 0.5) is 0 Å². The van der Waals surface area contributed by atoms with Crippen LogP contribution in [0.1, 0.15) is 30.9 Å². The third-order valence-electron chi connectivity index (χ3n) is 3.07. The predicted molar refractivity (Wildman–Crippen MR) is 65.0 cm³/mol. The van der Waals surface area contributed by atoms with Gasteiger partial charge in [-0.3, -0.25) is 0 Å². The van der Waals surface area contributed by atoms with E-state index in [1.165, 1.54) is 36.2 Å². The molecule has 3 nitrogen and oxygen atoms in total. The molecular formula is C12H13NO2S. The van der Waals surface area contributed by atoms with Gasteiger partial charge in [0.05, 0.1) is 4.70 Å². The van der Waals surface area contributed by atoms with E-state index in [0.717, 1.165) is 11.2 Å². The van der Waals surface area contributed by atoms with Crippen molar-refractivity contribution in [3.8, 4) is 0 Å². The van der Waals surface area contributed by atoms with E-state index < -0.39 is 0 Å². The molecule has 2 heterocycles. The fourth-order valence-electron chi connectivity index (χ4n) is 2.24. The summed E-state index contributed by atoms with van der Waals surface area (Å²) >= 11 is 1.18. The molecule has 2 aromatic rings. The fourth-order valence-corrected chi connectivity index (χ4v) is 2.96. The molecule has 1 saturated heterocycles. The van der Waals surface area contributed by atoms with E-state index in [4.69, 9.17) is 4.42 Å². The topological polar surface area (TPSA) is 42.2 Å². The average molecular weight is 235 g/mol. The molecule has 4 heteroatoms. The lowest BCUT2D eigenvalue weighted by Crippen LogP contribution is -2.26. The largest absolute Gasteiger partial charge is 0.414 e. The molecular weight excluding hydrogens is 222 g/mol. The minimum Gasteiger partial charge on any atom is -0.414 e. The van der Waals surface area contributed by atoms with Crippen molar-refractivity contribution in [3.63, 3.8) is 0 Å². The zero-order chi connectivity index (χ0) is 11.0. The van der Waals surface area contributed by atoms with Crippen LogP contribution in [0.3, 0.4) is 0 Å². The van der Waals surface area contributed by atoms with Crippen molar-refractivity contribution in [2.45, 2.75) is 25.3 Å². The molecule has 1 aliphatic heterocycles. The molecule has 1 aromatic heterocycles. The molecule has 0 radical (unpaired) electrons. The lowest BCUT2D eigenvalue weighted by molar-refractivity contribution is 0.412. The van der Waals surface area contributed by atoms with E-state index in [0.29, 0.717) is 11.6 Å². The fraction of sp³-hybridized carbons (Fsp3) is 0.417. The minimum absolute atomic E-state index is 0.219. The first-order valence-corrected chi connectivity index (χ1v) is 6.41. The molecule has 1 aliphatic rings. The standard InChI is InChI=1S/C12H13NO2S/c14-12-15-10-5-4-8(7-11(10)16-12)9-3-1-2-6-13-9/h4-5,7,9,13H,1-3,6H2. The number of nitrogens with one attached hydrogen (secondary N) is 1. The summed E-state index contributed by atoms with van der Waals surface area (Å²) < 4.78 is 6.01. The predicted octanol–water partition coefficient (Wildman–Crippen LogP) is 2.67. The average Bonchev–Trinajstić information content (AvgIpc) is 2.69. The Hall–Kier alpha value is -1.13. The Kier molecular flexibility index (Phi) is 2.53. The van der Waals surface area contributed by atoms with Gasteiger partial charge in [0, 0.05) is 6.04 Å². The molecule has 0 bridgehead atoms. The van der Waals surface area contributed by atoms with Crippen LogP contribution in [-0.2, 0) is 0 Å². The van der Waals surface area contributed by atoms with E-state index in [1.807, 2.05) is 6.07 Å². The Balaban J connectivity index is 2.00. The van der Waals surface area contributed by atoms with E-state index in [1.54, 1.807) is 0 Å². The first-order valence-electron chi connectivity index (χ1n) is 5.60. The summed E-state index contributed by atoms with van der Waals surface area (Å²) in [5.74, 6) is 0. The van der Waals surface area contributed by atoms with Gasteiger partial charge in [-0.2, -0.15) is 0 Å². The number of hydrogen-bond donors (Lipinski definition) is 1. The summed E-state index contributed by atoms with van der Waals surface area (Å²) in [6.45, 7) is 1.09. The van der Waals surface area contributed by atoms with Gasteiger partial charge in [-0.05, 0) is 37.1 Å². The molecule has 0 saturated carbocycles. The van der Waals surface area contributed by atoms with Crippen molar-refractivity contribution in [3.05, 3.63) is 33.5 Å². The van der Waals surface area contributed by atoms with E-state index in [-0.39, 0.29) is 4.94 Å². The van der Waals surface area contributed by atoms with Crippen LogP contribution in [-0.4, -0.2) is 6.54 Å². The summed E-state index contributed by atoms with van der Waals surface area (Å²) in [6, 6.07) is 6.48. The van der Waals surface area contributed by atoms with Gasteiger partial charge in [-0.1, -0.05) is 23.8 Å². The molecule has 0 amide bonds. The zero-order valence-electron chi connectivity index (χ0n) is 8.86. The monoisotopic (exact) mass is 235 g/mol. The summed E-state index contributed by atoms with van der Waals surface area (Å²) in [5.41, 5.74) is 1.97. The van der Waals surface area contributed by atoms with E-state index >= 15 is 0 Å². The molecule has 84 valence electrons. The SMILES string of the molecule is O=c1oc2ccc(C3CCCCN3)cc2s1. The zero-order valence-corrected chi connectivity index (χ0v) is 9.68. The minimum atomic E-state index is -0.219. The van der Waals surface area contributed by atoms with Crippen LogP contribution >= 0.6 is 11.3 Å². The van der Waals surface area contributed by atoms with Crippen LogP contribution in [0.25, 0.3) is 10.3 Å². The van der Waals surface area contributed by atoms with Crippen molar-refractivity contribution >= 4 is 21.6 Å². The second-order valence-electron chi connectivity index (χ2n) is 4.16. The van der Waals surface area contributed by atoms with Gasteiger partial charge in [0.15, 0.2) is 0 Å². The highest BCUT2D eigenvalue weighted by atomic mass is 32.1. The quantitative estimate of drug-likeness (QED) is 0.826. The lowest BCUT2D eigenvalue weighted by Gasteiger charge is -2.23. The van der Waals surface area contributed by atoms with Gasteiger partial charge >= 0.3 is 4.94 Å². The van der Waals surface area contributed by atoms with Crippen molar-refractivity contribution in [1.29, 1.82) is 0 Å². The maximum absolute atomic E-state index is 11.1. The van der Waals surface area contributed by atoms with Gasteiger partial charge in [0.2, 0.25) is 0 Å². The first kappa shape index (κ1) is 10.1. The molecule has 0 aliphatic carbocycles. The molecule has 1 fully saturated rings. The van der Waals surface area contributed by atoms with E-state index in [2.05, 4.69) is 17.4 Å². The number of rotatable bonds is 1. The van der Waals surface area contributed by atoms with Crippen LogP contribution in [0.15, 0.2) is 27.4 Å². The highest BCUT2D eigenvalue weighted by Gasteiger charge is 2.15. The van der Waals surface area contributed by atoms with Gasteiger partial charge in [-0.15, -0.1) is 0 Å². The highest BCUT2D eigenvalue weighted by Crippen LogP contribution is 2.27. The van der Waals surface area contributed by atoms with E-state index in [9.17, 15) is 4.79 Å². The number of hydrogen-bond acceptors (Lipinski definition) is 4. The Bertz CT molecular complexity index is 551. The summed E-state index contributed by atoms with van der Waals surface area (Å²) in [5, 5.41) is 3.50. The molecule has 1 unspecified atom stereocenters. The van der Waals surface area contributed by atoms with Crippen molar-refractivity contribution in [2.75, 3.05) is 6.54 Å². The number of piperidine rings is 1. The Morgan fingerprint density at radius 2 is 2.31 bits per heavy atom. The number of fused-ring (bicyclic) bond motifs is 1. The lowest BCUT2D eigenvalue weighted by atomic mass is 9.98.